The van der Waals surface area contributed by atoms with E-state index in [-0.39, 0.29) is 25.0 Å². The Bertz CT molecular complexity index is 744. The maximum atomic E-state index is 12.6. The monoisotopic (exact) mass is 463 g/mol. The number of hydrogen-bond donors (Lipinski definition) is 5. The van der Waals surface area contributed by atoms with Crippen LogP contribution in [0.15, 0.2) is 30.3 Å². The van der Waals surface area contributed by atoms with Crippen LogP contribution in [-0.4, -0.2) is 49.6 Å². The lowest BCUT2D eigenvalue weighted by molar-refractivity contribution is -0.129. The molecule has 5 amide bonds. The molecule has 2 atom stereocenters. The highest BCUT2D eigenvalue weighted by Crippen LogP contribution is 2.08. The molecule has 1 aromatic rings. The maximum Gasteiger partial charge on any atom is 0.407 e. The van der Waals surface area contributed by atoms with Crippen LogP contribution >= 0.6 is 0 Å². The summed E-state index contributed by atoms with van der Waals surface area (Å²) in [5.74, 6) is -0.785. The molecule has 0 saturated heterocycles. The molecule has 0 bridgehead atoms. The number of carbonyl (C=O) groups is 4. The number of nitrogens with one attached hydrogen (secondary N) is 4. The van der Waals surface area contributed by atoms with Crippen LogP contribution in [0.4, 0.5) is 9.59 Å². The third-order valence-electron chi connectivity index (χ3n) is 5.12. The van der Waals surface area contributed by atoms with Gasteiger partial charge in [0, 0.05) is 13.1 Å². The van der Waals surface area contributed by atoms with Crippen LogP contribution in [0.2, 0.25) is 0 Å². The van der Waals surface area contributed by atoms with Crippen molar-refractivity contribution in [2.45, 2.75) is 58.6 Å². The van der Waals surface area contributed by atoms with Gasteiger partial charge in [0.05, 0.1) is 0 Å². The molecule has 0 aromatic heterocycles. The average Bonchev–Trinajstić information content (AvgIpc) is 2.81. The molecular weight excluding hydrogens is 426 g/mol. The number of rotatable bonds is 15. The van der Waals surface area contributed by atoms with Gasteiger partial charge in [0.15, 0.2) is 0 Å². The molecule has 0 fully saturated rings. The predicted molar refractivity (Wildman–Crippen MR) is 125 cm³/mol. The lowest BCUT2D eigenvalue weighted by Crippen LogP contribution is -2.52. The minimum atomic E-state index is -0.704. The summed E-state index contributed by atoms with van der Waals surface area (Å²) in [6, 6.07) is 7.99. The van der Waals surface area contributed by atoms with Gasteiger partial charge in [0.2, 0.25) is 11.8 Å². The van der Waals surface area contributed by atoms with Crippen LogP contribution in [0, 0.1) is 5.92 Å². The number of primary amides is 1. The zero-order valence-electron chi connectivity index (χ0n) is 19.5. The fraction of sp³-hybridized carbons (Fsp3) is 0.565. The molecule has 6 N–H and O–H groups in total. The highest BCUT2D eigenvalue weighted by atomic mass is 16.5. The Kier molecular flexibility index (Phi) is 13.7. The zero-order valence-corrected chi connectivity index (χ0v) is 19.5. The van der Waals surface area contributed by atoms with Gasteiger partial charge in [-0.05, 0) is 24.3 Å². The van der Waals surface area contributed by atoms with Crippen molar-refractivity contribution in [1.29, 1.82) is 0 Å². The summed E-state index contributed by atoms with van der Waals surface area (Å²) in [5.41, 5.74) is 5.84. The molecule has 0 saturated carbocycles. The van der Waals surface area contributed by atoms with Crippen molar-refractivity contribution in [1.82, 2.24) is 21.3 Å². The minimum Gasteiger partial charge on any atom is -0.445 e. The summed E-state index contributed by atoms with van der Waals surface area (Å²) in [7, 11) is 0. The summed E-state index contributed by atoms with van der Waals surface area (Å²) in [6.07, 6.45) is 3.42. The van der Waals surface area contributed by atoms with Gasteiger partial charge in [0.25, 0.3) is 0 Å². The smallest absolute Gasteiger partial charge is 0.407 e. The summed E-state index contributed by atoms with van der Waals surface area (Å²) in [5, 5.41) is 10.5. The Labute approximate surface area is 195 Å². The van der Waals surface area contributed by atoms with Gasteiger partial charge in [-0.25, -0.2) is 9.59 Å². The Hall–Kier alpha value is -3.30. The number of amides is 5. The SMILES string of the molecule is CCC(C)C(NC(=O)CNC(=O)OCc1ccccc1)C(=O)NCCCCCCNC(N)=O. The van der Waals surface area contributed by atoms with E-state index >= 15 is 0 Å². The van der Waals surface area contributed by atoms with Gasteiger partial charge in [-0.1, -0.05) is 63.4 Å². The second-order valence-corrected chi connectivity index (χ2v) is 7.84. The molecule has 0 spiro atoms. The largest absolute Gasteiger partial charge is 0.445 e. The van der Waals surface area contributed by atoms with Crippen LogP contribution in [0.5, 0.6) is 0 Å². The molecule has 2 unspecified atom stereocenters. The van der Waals surface area contributed by atoms with Gasteiger partial charge in [-0.3, -0.25) is 9.59 Å². The normalized spacial score (nSPS) is 12.2. The number of nitrogens with two attached hydrogens (primary N) is 1. The highest BCUT2D eigenvalue weighted by molar-refractivity contribution is 5.89. The summed E-state index contributed by atoms with van der Waals surface area (Å²) in [6.45, 7) is 4.68. The minimum absolute atomic E-state index is 0.0705. The van der Waals surface area contributed by atoms with Crippen molar-refractivity contribution in [3.63, 3.8) is 0 Å². The van der Waals surface area contributed by atoms with Gasteiger partial charge in [-0.2, -0.15) is 0 Å². The number of benzene rings is 1. The van der Waals surface area contributed by atoms with Crippen LogP contribution in [0.25, 0.3) is 0 Å². The maximum absolute atomic E-state index is 12.6. The molecule has 10 nitrogen and oxygen atoms in total. The topological polar surface area (TPSA) is 152 Å². The molecule has 33 heavy (non-hydrogen) atoms. The first-order valence-corrected chi connectivity index (χ1v) is 11.4. The third-order valence-corrected chi connectivity index (χ3v) is 5.12. The summed E-state index contributed by atoms with van der Waals surface area (Å²) in [4.78, 5) is 47.3. The van der Waals surface area contributed by atoms with E-state index in [0.29, 0.717) is 19.5 Å². The van der Waals surface area contributed by atoms with E-state index in [1.165, 1.54) is 0 Å². The van der Waals surface area contributed by atoms with Crippen LogP contribution in [-0.2, 0) is 20.9 Å². The number of urea groups is 1. The third kappa shape index (κ3) is 13.0. The standard InChI is InChI=1S/C23H37N5O5/c1-3-17(2)20(21(30)25-13-9-4-5-10-14-26-22(24)31)28-19(29)15-27-23(32)33-16-18-11-7-6-8-12-18/h6-8,11-12,17,20H,3-5,9-10,13-16H2,1-2H3,(H,25,30)(H,27,32)(H,28,29)(H3,24,26,31). The molecule has 0 aliphatic carbocycles. The van der Waals surface area contributed by atoms with Crippen LogP contribution in [0.3, 0.4) is 0 Å². The fourth-order valence-corrected chi connectivity index (χ4v) is 2.99. The van der Waals surface area contributed by atoms with Crippen molar-refractivity contribution < 1.29 is 23.9 Å². The first kappa shape index (κ1) is 27.7. The quantitative estimate of drug-likeness (QED) is 0.251. The van der Waals surface area contributed by atoms with E-state index in [1.54, 1.807) is 0 Å². The van der Waals surface area contributed by atoms with Crippen molar-refractivity contribution in [2.75, 3.05) is 19.6 Å². The molecule has 0 radical (unpaired) electrons. The number of unbranched alkanes of at least 4 members (excludes halogenated alkanes) is 3. The fourth-order valence-electron chi connectivity index (χ4n) is 2.99. The van der Waals surface area contributed by atoms with Gasteiger partial charge in [-0.15, -0.1) is 0 Å². The molecule has 184 valence electrons. The molecule has 1 rings (SSSR count). The van der Waals surface area contributed by atoms with Crippen molar-refractivity contribution in [2.24, 2.45) is 11.7 Å². The molecule has 1 aromatic carbocycles. The second kappa shape index (κ2) is 16.3. The van der Waals surface area contributed by atoms with E-state index in [2.05, 4.69) is 21.3 Å². The van der Waals surface area contributed by atoms with E-state index in [4.69, 9.17) is 10.5 Å². The Morgan fingerprint density at radius 3 is 2.18 bits per heavy atom. The zero-order chi connectivity index (χ0) is 24.5. The van der Waals surface area contributed by atoms with Gasteiger partial charge >= 0.3 is 12.1 Å². The van der Waals surface area contributed by atoms with E-state index in [0.717, 1.165) is 31.2 Å². The number of carbonyl (C=O) groups excluding carboxylic acids is 4. The summed E-state index contributed by atoms with van der Waals surface area (Å²) >= 11 is 0. The first-order valence-electron chi connectivity index (χ1n) is 11.4. The van der Waals surface area contributed by atoms with Crippen molar-refractivity contribution in [3.05, 3.63) is 35.9 Å². The lowest BCUT2D eigenvalue weighted by atomic mass is 9.98. The highest BCUT2D eigenvalue weighted by Gasteiger charge is 2.25. The van der Waals surface area contributed by atoms with E-state index in [1.807, 2.05) is 44.2 Å². The first-order chi connectivity index (χ1) is 15.8. The van der Waals surface area contributed by atoms with Gasteiger partial charge < -0.3 is 31.7 Å². The van der Waals surface area contributed by atoms with E-state index in [9.17, 15) is 19.2 Å². The molecule has 0 heterocycles. The second-order valence-electron chi connectivity index (χ2n) is 7.84. The van der Waals surface area contributed by atoms with Crippen molar-refractivity contribution >= 4 is 23.9 Å². The number of ether oxygens (including phenoxy) is 1. The molecular formula is C23H37N5O5. The van der Waals surface area contributed by atoms with Gasteiger partial charge in [0.1, 0.15) is 19.2 Å². The summed E-state index contributed by atoms with van der Waals surface area (Å²) < 4.78 is 5.08. The Morgan fingerprint density at radius 2 is 1.58 bits per heavy atom. The van der Waals surface area contributed by atoms with Crippen molar-refractivity contribution in [3.8, 4) is 0 Å². The Morgan fingerprint density at radius 1 is 0.939 bits per heavy atom. The number of alkyl carbamates (subject to hydrolysis) is 1. The lowest BCUT2D eigenvalue weighted by Gasteiger charge is -2.23. The van der Waals surface area contributed by atoms with Crippen LogP contribution < -0.4 is 27.0 Å². The molecule has 10 heteroatoms. The molecule has 0 aliphatic heterocycles. The molecule has 0 aliphatic rings. The number of hydrogen-bond acceptors (Lipinski definition) is 5. The Balaban J connectivity index is 2.31. The van der Waals surface area contributed by atoms with E-state index < -0.39 is 24.1 Å². The predicted octanol–water partition coefficient (Wildman–Crippen LogP) is 1.79. The van der Waals surface area contributed by atoms with Crippen LogP contribution in [0.1, 0.15) is 51.5 Å². The average molecular weight is 464 g/mol.